The summed E-state index contributed by atoms with van der Waals surface area (Å²) in [5.41, 5.74) is 5.11. The van der Waals surface area contributed by atoms with Crippen LogP contribution in [0.2, 0.25) is 0 Å². The maximum atomic E-state index is 13.2. The molecule has 1 aromatic carbocycles. The minimum atomic E-state index is -0.691. The number of hydrogen-bond donors (Lipinski definition) is 2. The van der Waals surface area contributed by atoms with E-state index in [1.807, 2.05) is 0 Å². The summed E-state index contributed by atoms with van der Waals surface area (Å²) in [6, 6.07) is 4.43. The van der Waals surface area contributed by atoms with Gasteiger partial charge in [-0.25, -0.2) is 9.37 Å². The molecular weight excluding hydrogens is 287 g/mol. The van der Waals surface area contributed by atoms with Gasteiger partial charge in [-0.15, -0.1) is 0 Å². The number of nitrogens with two attached hydrogens (primary N) is 1. The van der Waals surface area contributed by atoms with Crippen LogP contribution in [0, 0.1) is 15.9 Å². The molecule has 7 nitrogen and oxygen atoms in total. The molecule has 20 heavy (non-hydrogen) atoms. The van der Waals surface area contributed by atoms with Crippen LogP contribution in [0.5, 0.6) is 0 Å². The molecule has 0 unspecified atom stereocenters. The number of rotatable bonds is 4. The zero-order chi connectivity index (χ0) is 14.7. The summed E-state index contributed by atoms with van der Waals surface area (Å²) in [5.74, 6) is -0.407. The quantitative estimate of drug-likeness (QED) is 0.384. The molecule has 0 fully saturated rings. The maximum Gasteiger partial charge on any atom is 0.272 e. The van der Waals surface area contributed by atoms with Gasteiger partial charge in [-0.05, 0) is 11.6 Å². The molecule has 2 rings (SSSR count). The Hall–Kier alpha value is -2.42. The van der Waals surface area contributed by atoms with E-state index in [2.05, 4.69) is 9.97 Å². The van der Waals surface area contributed by atoms with Crippen LogP contribution in [0.15, 0.2) is 34.2 Å². The monoisotopic (exact) mass is 296 g/mol. The average Bonchev–Trinajstić information content (AvgIpc) is 2.34. The molecule has 0 aliphatic heterocycles. The molecule has 0 atom stereocenters. The van der Waals surface area contributed by atoms with Crippen LogP contribution in [0.1, 0.15) is 5.56 Å². The van der Waals surface area contributed by atoms with Gasteiger partial charge in [-0.3, -0.25) is 14.9 Å². The minimum absolute atomic E-state index is 0.0708. The summed E-state index contributed by atoms with van der Waals surface area (Å²) in [7, 11) is 0. The van der Waals surface area contributed by atoms with Crippen LogP contribution in [0.25, 0.3) is 0 Å². The number of H-pyrrole nitrogens is 1. The predicted molar refractivity (Wildman–Crippen MR) is 71.9 cm³/mol. The third kappa shape index (κ3) is 3.54. The molecule has 0 saturated carbocycles. The Bertz CT molecular complexity index is 719. The number of aromatic amines is 1. The number of nitro benzene ring substituents is 1. The molecule has 0 aliphatic carbocycles. The van der Waals surface area contributed by atoms with Gasteiger partial charge >= 0.3 is 0 Å². The van der Waals surface area contributed by atoms with Crippen molar-refractivity contribution < 1.29 is 9.31 Å². The van der Waals surface area contributed by atoms with E-state index in [0.717, 1.165) is 23.9 Å². The van der Waals surface area contributed by atoms with Crippen LogP contribution >= 0.6 is 11.8 Å². The highest BCUT2D eigenvalue weighted by molar-refractivity contribution is 7.98. The van der Waals surface area contributed by atoms with Crippen LogP contribution in [0.4, 0.5) is 15.9 Å². The molecule has 0 bridgehead atoms. The number of nitrogens with one attached hydrogen (secondary N) is 1. The number of hydrogen-bond acceptors (Lipinski definition) is 6. The Morgan fingerprint density at radius 1 is 1.40 bits per heavy atom. The average molecular weight is 296 g/mol. The Morgan fingerprint density at radius 3 is 2.80 bits per heavy atom. The number of benzene rings is 1. The number of halogens is 1. The first-order valence-electron chi connectivity index (χ1n) is 5.37. The van der Waals surface area contributed by atoms with Crippen molar-refractivity contribution in [2.75, 3.05) is 5.73 Å². The van der Waals surface area contributed by atoms with Gasteiger partial charge in [0.15, 0.2) is 5.16 Å². The third-order valence-electron chi connectivity index (χ3n) is 2.27. The number of anilines is 1. The Kier molecular flexibility index (Phi) is 3.99. The van der Waals surface area contributed by atoms with Crippen molar-refractivity contribution in [1.82, 2.24) is 9.97 Å². The second-order valence-electron chi connectivity index (χ2n) is 3.84. The fourth-order valence-corrected chi connectivity index (χ4v) is 2.31. The zero-order valence-electron chi connectivity index (χ0n) is 10.00. The van der Waals surface area contributed by atoms with Crippen molar-refractivity contribution >= 4 is 23.3 Å². The first-order chi connectivity index (χ1) is 9.44. The van der Waals surface area contributed by atoms with Crippen LogP contribution in [-0.4, -0.2) is 14.9 Å². The SMILES string of the molecule is Nc1cc(=O)[nH]c(SCc2cc(F)cc([N+](=O)[O-])c2)n1. The third-order valence-corrected chi connectivity index (χ3v) is 3.21. The summed E-state index contributed by atoms with van der Waals surface area (Å²) in [4.78, 5) is 27.5. The molecule has 1 heterocycles. The van der Waals surface area contributed by atoms with E-state index >= 15 is 0 Å². The standard InChI is InChI=1S/C11H9FN4O3S/c12-7-1-6(2-8(3-7)16(18)19)5-20-11-14-9(13)4-10(17)15-11/h1-4H,5H2,(H3,13,14,15,17). The van der Waals surface area contributed by atoms with Crippen molar-refractivity contribution in [1.29, 1.82) is 0 Å². The lowest BCUT2D eigenvalue weighted by Crippen LogP contribution is -2.09. The Balaban J connectivity index is 2.18. The highest BCUT2D eigenvalue weighted by Crippen LogP contribution is 2.23. The normalized spacial score (nSPS) is 10.4. The summed E-state index contributed by atoms with van der Waals surface area (Å²) in [6.45, 7) is 0. The van der Waals surface area contributed by atoms with Gasteiger partial charge in [0.25, 0.3) is 11.2 Å². The second kappa shape index (κ2) is 5.70. The van der Waals surface area contributed by atoms with Crippen LogP contribution in [0.3, 0.4) is 0 Å². The maximum absolute atomic E-state index is 13.2. The van der Waals surface area contributed by atoms with Gasteiger partial charge in [0, 0.05) is 17.9 Å². The van der Waals surface area contributed by atoms with E-state index in [0.29, 0.717) is 5.56 Å². The van der Waals surface area contributed by atoms with Crippen LogP contribution < -0.4 is 11.3 Å². The molecule has 104 valence electrons. The molecule has 0 amide bonds. The van der Waals surface area contributed by atoms with E-state index in [1.165, 1.54) is 12.1 Å². The Morgan fingerprint density at radius 2 is 2.15 bits per heavy atom. The predicted octanol–water partition coefficient (Wildman–Crippen LogP) is 1.69. The molecule has 0 radical (unpaired) electrons. The number of nitrogens with zero attached hydrogens (tertiary/aromatic N) is 2. The topological polar surface area (TPSA) is 115 Å². The smallest absolute Gasteiger partial charge is 0.272 e. The van der Waals surface area contributed by atoms with Crippen molar-refractivity contribution in [3.63, 3.8) is 0 Å². The van der Waals surface area contributed by atoms with E-state index in [1.54, 1.807) is 0 Å². The summed E-state index contributed by atoms with van der Waals surface area (Å²) < 4.78 is 13.2. The van der Waals surface area contributed by atoms with Gasteiger partial charge < -0.3 is 10.7 Å². The molecular formula is C11H9FN4O3S. The zero-order valence-corrected chi connectivity index (χ0v) is 10.8. The van der Waals surface area contributed by atoms with E-state index < -0.39 is 16.3 Å². The first kappa shape index (κ1) is 14.0. The lowest BCUT2D eigenvalue weighted by Gasteiger charge is -2.02. The lowest BCUT2D eigenvalue weighted by atomic mass is 10.2. The fourth-order valence-electron chi connectivity index (χ4n) is 1.50. The van der Waals surface area contributed by atoms with Gasteiger partial charge in [0.1, 0.15) is 11.6 Å². The highest BCUT2D eigenvalue weighted by Gasteiger charge is 2.10. The van der Waals surface area contributed by atoms with E-state index in [9.17, 15) is 19.3 Å². The minimum Gasteiger partial charge on any atom is -0.383 e. The van der Waals surface area contributed by atoms with Gasteiger partial charge in [-0.1, -0.05) is 11.8 Å². The molecule has 2 aromatic rings. The largest absolute Gasteiger partial charge is 0.383 e. The van der Waals surface area contributed by atoms with Gasteiger partial charge in [0.2, 0.25) is 0 Å². The van der Waals surface area contributed by atoms with Gasteiger partial charge in [-0.2, -0.15) is 0 Å². The summed E-state index contributed by atoms with van der Waals surface area (Å²) >= 11 is 1.10. The van der Waals surface area contributed by atoms with E-state index in [4.69, 9.17) is 5.73 Å². The molecule has 0 spiro atoms. The van der Waals surface area contributed by atoms with Gasteiger partial charge in [0.05, 0.1) is 11.0 Å². The molecule has 1 aromatic heterocycles. The number of nitro groups is 1. The molecule has 0 saturated heterocycles. The van der Waals surface area contributed by atoms with Crippen molar-refractivity contribution in [2.24, 2.45) is 0 Å². The number of non-ortho nitro benzene ring substituents is 1. The lowest BCUT2D eigenvalue weighted by molar-refractivity contribution is -0.385. The second-order valence-corrected chi connectivity index (χ2v) is 4.80. The van der Waals surface area contributed by atoms with Crippen LogP contribution in [-0.2, 0) is 5.75 Å². The Labute approximate surface area is 116 Å². The number of thioether (sulfide) groups is 1. The first-order valence-corrected chi connectivity index (χ1v) is 6.36. The molecule has 9 heteroatoms. The summed E-state index contributed by atoms with van der Waals surface area (Å²) in [6.07, 6.45) is 0. The van der Waals surface area contributed by atoms with Crippen molar-refractivity contribution in [3.05, 3.63) is 56.1 Å². The van der Waals surface area contributed by atoms with Crippen molar-refractivity contribution in [3.8, 4) is 0 Å². The highest BCUT2D eigenvalue weighted by atomic mass is 32.2. The number of aromatic nitrogens is 2. The molecule has 0 aliphatic rings. The molecule has 3 N–H and O–H groups in total. The fraction of sp³-hybridized carbons (Fsp3) is 0.0909. The van der Waals surface area contributed by atoms with E-state index in [-0.39, 0.29) is 22.4 Å². The number of nitrogen functional groups attached to an aromatic ring is 1. The van der Waals surface area contributed by atoms with Crippen molar-refractivity contribution in [2.45, 2.75) is 10.9 Å². The summed E-state index contributed by atoms with van der Waals surface area (Å²) in [5, 5.41) is 10.9.